The molecule has 1 aliphatic rings. The van der Waals surface area contributed by atoms with E-state index in [0.717, 1.165) is 35.6 Å². The Labute approximate surface area is 120 Å². The van der Waals surface area contributed by atoms with Gasteiger partial charge in [-0.25, -0.2) is 14.6 Å². The van der Waals surface area contributed by atoms with E-state index in [0.29, 0.717) is 5.13 Å². The molecule has 0 bridgehead atoms. The zero-order valence-electron chi connectivity index (χ0n) is 11.0. The Morgan fingerprint density at radius 2 is 2.20 bits per heavy atom. The lowest BCUT2D eigenvalue weighted by atomic mass is 9.98. The van der Waals surface area contributed by atoms with E-state index in [1.54, 1.807) is 17.5 Å². The van der Waals surface area contributed by atoms with Crippen molar-refractivity contribution in [1.29, 1.82) is 0 Å². The van der Waals surface area contributed by atoms with Crippen molar-refractivity contribution in [3.8, 4) is 17.1 Å². The number of nitrogen functional groups attached to an aromatic ring is 1. The van der Waals surface area contributed by atoms with E-state index in [4.69, 9.17) is 5.73 Å². The molecular weight excluding hydrogens is 270 g/mol. The van der Waals surface area contributed by atoms with Gasteiger partial charge in [0.05, 0.1) is 17.1 Å². The molecular formula is C14H13N5S. The van der Waals surface area contributed by atoms with E-state index < -0.39 is 0 Å². The van der Waals surface area contributed by atoms with E-state index in [-0.39, 0.29) is 0 Å². The van der Waals surface area contributed by atoms with Gasteiger partial charge in [-0.2, -0.15) is 5.10 Å². The van der Waals surface area contributed by atoms with Gasteiger partial charge in [0.25, 0.3) is 0 Å². The van der Waals surface area contributed by atoms with Crippen LogP contribution < -0.4 is 5.73 Å². The van der Waals surface area contributed by atoms with Gasteiger partial charge in [0.15, 0.2) is 10.9 Å². The number of hydrogen-bond acceptors (Lipinski definition) is 5. The summed E-state index contributed by atoms with van der Waals surface area (Å²) < 4.78 is 1.93. The lowest BCUT2D eigenvalue weighted by Gasteiger charge is -2.13. The monoisotopic (exact) mass is 283 g/mol. The summed E-state index contributed by atoms with van der Waals surface area (Å²) in [7, 11) is 0. The largest absolute Gasteiger partial charge is 0.375 e. The van der Waals surface area contributed by atoms with Crippen LogP contribution in [0.2, 0.25) is 0 Å². The van der Waals surface area contributed by atoms with Gasteiger partial charge in [-0.1, -0.05) is 6.07 Å². The van der Waals surface area contributed by atoms with Crippen LogP contribution in [0.1, 0.15) is 16.3 Å². The maximum Gasteiger partial charge on any atom is 0.180 e. The summed E-state index contributed by atoms with van der Waals surface area (Å²) in [6.07, 6.45) is 3.70. The van der Waals surface area contributed by atoms with Gasteiger partial charge in [-0.15, -0.1) is 11.3 Å². The first-order chi connectivity index (χ1) is 9.74. The van der Waals surface area contributed by atoms with Gasteiger partial charge in [-0.3, -0.25) is 0 Å². The summed E-state index contributed by atoms with van der Waals surface area (Å²) in [5.74, 6) is 0.850. The van der Waals surface area contributed by atoms with Crippen molar-refractivity contribution in [3.63, 3.8) is 0 Å². The highest BCUT2D eigenvalue weighted by molar-refractivity contribution is 7.15. The van der Waals surface area contributed by atoms with E-state index in [9.17, 15) is 0 Å². The van der Waals surface area contributed by atoms with Crippen LogP contribution in [0.15, 0.2) is 24.4 Å². The first-order valence-electron chi connectivity index (χ1n) is 6.49. The highest BCUT2D eigenvalue weighted by atomic mass is 32.1. The Bertz CT molecular complexity index is 788. The Balaban J connectivity index is 1.96. The molecule has 0 saturated heterocycles. The van der Waals surface area contributed by atoms with Crippen LogP contribution in [0.25, 0.3) is 17.1 Å². The second-order valence-corrected chi connectivity index (χ2v) is 5.95. The zero-order chi connectivity index (χ0) is 13.7. The molecule has 3 aromatic rings. The molecule has 0 fully saturated rings. The number of nitrogens with two attached hydrogens (primary N) is 1. The second-order valence-electron chi connectivity index (χ2n) is 4.83. The van der Waals surface area contributed by atoms with Crippen LogP contribution in [0.5, 0.6) is 0 Å². The highest BCUT2D eigenvalue weighted by Crippen LogP contribution is 2.39. The van der Waals surface area contributed by atoms with Crippen molar-refractivity contribution >= 4 is 16.5 Å². The average Bonchev–Trinajstić information content (AvgIpc) is 2.99. The number of aromatic nitrogens is 4. The number of nitrogens with zero attached hydrogens (tertiary/aromatic N) is 4. The van der Waals surface area contributed by atoms with Gasteiger partial charge in [0.1, 0.15) is 0 Å². The van der Waals surface area contributed by atoms with Crippen molar-refractivity contribution in [2.75, 3.05) is 5.73 Å². The van der Waals surface area contributed by atoms with Crippen molar-refractivity contribution < 1.29 is 0 Å². The molecule has 2 N–H and O–H groups in total. The molecule has 3 heterocycles. The number of hydrogen-bond donors (Lipinski definition) is 1. The SMILES string of the molecule is Cc1nn(-c2ccccn2)c2c1-c1nc(N)sc1CC2. The molecule has 0 aliphatic heterocycles. The van der Waals surface area contributed by atoms with Gasteiger partial charge in [-0.05, 0) is 31.9 Å². The third-order valence-corrected chi connectivity index (χ3v) is 4.51. The fourth-order valence-electron chi connectivity index (χ4n) is 2.75. The summed E-state index contributed by atoms with van der Waals surface area (Å²) in [6.45, 7) is 2.02. The third-order valence-electron chi connectivity index (χ3n) is 3.56. The molecule has 1 aliphatic carbocycles. The minimum absolute atomic E-state index is 0.632. The molecule has 4 rings (SSSR count). The Morgan fingerprint density at radius 1 is 1.30 bits per heavy atom. The maximum absolute atomic E-state index is 5.85. The number of thiazole rings is 1. The molecule has 6 heteroatoms. The molecule has 0 unspecified atom stereocenters. The number of fused-ring (bicyclic) bond motifs is 3. The molecule has 0 aromatic carbocycles. The summed E-state index contributed by atoms with van der Waals surface area (Å²) in [6, 6.07) is 5.85. The average molecular weight is 283 g/mol. The number of pyridine rings is 1. The van der Waals surface area contributed by atoms with Crippen LogP contribution >= 0.6 is 11.3 Å². The second kappa shape index (κ2) is 4.14. The minimum Gasteiger partial charge on any atom is -0.375 e. The normalized spacial score (nSPS) is 13.1. The van der Waals surface area contributed by atoms with Crippen LogP contribution in [0.3, 0.4) is 0 Å². The minimum atomic E-state index is 0.632. The van der Waals surface area contributed by atoms with Gasteiger partial charge < -0.3 is 5.73 Å². The molecule has 3 aromatic heterocycles. The molecule has 0 radical (unpaired) electrons. The predicted octanol–water partition coefficient (Wildman–Crippen LogP) is 2.38. The number of rotatable bonds is 1. The smallest absolute Gasteiger partial charge is 0.180 e. The third kappa shape index (κ3) is 1.58. The van der Waals surface area contributed by atoms with Crippen molar-refractivity contribution in [1.82, 2.24) is 19.7 Å². The standard InChI is InChI=1S/C14H13N5S/c1-8-12-9(5-6-10-13(12)17-14(15)20-10)19(18-8)11-4-2-3-7-16-11/h2-4,7H,5-6H2,1H3,(H2,15,17). The molecule has 0 saturated carbocycles. The number of anilines is 1. The van der Waals surface area contributed by atoms with E-state index >= 15 is 0 Å². The molecule has 0 atom stereocenters. The lowest BCUT2D eigenvalue weighted by molar-refractivity contribution is 0.760. The fraction of sp³-hybridized carbons (Fsp3) is 0.214. The van der Waals surface area contributed by atoms with Crippen molar-refractivity contribution in [2.45, 2.75) is 19.8 Å². The summed E-state index contributed by atoms with van der Waals surface area (Å²) >= 11 is 1.58. The summed E-state index contributed by atoms with van der Waals surface area (Å²) in [4.78, 5) is 10.1. The topological polar surface area (TPSA) is 69.6 Å². The lowest BCUT2D eigenvalue weighted by Crippen LogP contribution is -2.08. The van der Waals surface area contributed by atoms with Gasteiger partial charge in [0, 0.05) is 16.6 Å². The number of aryl methyl sites for hydroxylation is 2. The first-order valence-corrected chi connectivity index (χ1v) is 7.31. The van der Waals surface area contributed by atoms with Gasteiger partial charge in [0.2, 0.25) is 0 Å². The Kier molecular flexibility index (Phi) is 2.40. The van der Waals surface area contributed by atoms with Crippen LogP contribution in [-0.2, 0) is 12.8 Å². The Hall–Kier alpha value is -2.21. The molecule has 0 amide bonds. The summed E-state index contributed by atoms with van der Waals surface area (Å²) in [5, 5.41) is 5.28. The molecule has 20 heavy (non-hydrogen) atoms. The van der Waals surface area contributed by atoms with Crippen LogP contribution in [0.4, 0.5) is 5.13 Å². The van der Waals surface area contributed by atoms with E-state index in [2.05, 4.69) is 15.1 Å². The molecule has 0 spiro atoms. The summed E-state index contributed by atoms with van der Waals surface area (Å²) in [5.41, 5.74) is 10.2. The van der Waals surface area contributed by atoms with Gasteiger partial charge >= 0.3 is 0 Å². The molecule has 100 valence electrons. The quantitative estimate of drug-likeness (QED) is 0.744. The highest BCUT2D eigenvalue weighted by Gasteiger charge is 2.27. The first kappa shape index (κ1) is 11.6. The predicted molar refractivity (Wildman–Crippen MR) is 79.0 cm³/mol. The van der Waals surface area contributed by atoms with Crippen molar-refractivity contribution in [3.05, 3.63) is 40.7 Å². The van der Waals surface area contributed by atoms with E-state index in [1.165, 1.54) is 10.6 Å². The maximum atomic E-state index is 5.85. The molecule has 5 nitrogen and oxygen atoms in total. The van der Waals surface area contributed by atoms with Crippen LogP contribution in [0, 0.1) is 6.92 Å². The van der Waals surface area contributed by atoms with Crippen LogP contribution in [-0.4, -0.2) is 19.7 Å². The fourth-order valence-corrected chi connectivity index (χ4v) is 3.59. The van der Waals surface area contributed by atoms with Crippen molar-refractivity contribution in [2.24, 2.45) is 0 Å². The Morgan fingerprint density at radius 3 is 3.00 bits per heavy atom. The van der Waals surface area contributed by atoms with E-state index in [1.807, 2.05) is 29.8 Å². The zero-order valence-corrected chi connectivity index (χ0v) is 11.8.